The minimum Gasteiger partial charge on any atom is -0.478 e. The normalized spacial score (nSPS) is 15.5. The van der Waals surface area contributed by atoms with Crippen molar-refractivity contribution in [1.29, 1.82) is 0 Å². The molecular weight excluding hydrogens is 498 g/mol. The third kappa shape index (κ3) is 5.38. The Kier molecular flexibility index (Phi) is 7.77. The van der Waals surface area contributed by atoms with Gasteiger partial charge in [0.15, 0.2) is 6.10 Å². The highest BCUT2D eigenvalue weighted by molar-refractivity contribution is 9.10. The van der Waals surface area contributed by atoms with Crippen LogP contribution in [-0.2, 0) is 9.53 Å². The van der Waals surface area contributed by atoms with E-state index in [2.05, 4.69) is 21.0 Å². The molecule has 34 heavy (non-hydrogen) atoms. The number of carbonyl (C=O) groups is 1. The molecule has 1 saturated carbocycles. The molecule has 1 heterocycles. The molecule has 0 bridgehead atoms. The van der Waals surface area contributed by atoms with E-state index in [-0.39, 0.29) is 18.1 Å². The molecule has 8 heteroatoms. The molecule has 7 nitrogen and oxygen atoms in total. The quantitative estimate of drug-likeness (QED) is 0.303. The molecule has 178 valence electrons. The SMILES string of the molecule is CCOC(=O)[C@H](C)Oc1ccccc1C=Nn1c(C2CCCCC2)nc2ccc(Br)cc2c1=O. The molecular formula is C26H28BrN3O4. The number of fused-ring (bicyclic) bond motifs is 1. The van der Waals surface area contributed by atoms with E-state index < -0.39 is 12.1 Å². The van der Waals surface area contributed by atoms with Gasteiger partial charge in [0.1, 0.15) is 11.6 Å². The molecule has 2 aromatic carbocycles. The average molecular weight is 526 g/mol. The fraction of sp³-hybridized carbons (Fsp3) is 0.385. The minimum atomic E-state index is -0.769. The molecule has 0 saturated heterocycles. The average Bonchev–Trinajstić information content (AvgIpc) is 2.85. The molecule has 0 aliphatic heterocycles. The van der Waals surface area contributed by atoms with Crippen LogP contribution in [0.1, 0.15) is 63.3 Å². The number of rotatable bonds is 7. The molecule has 0 N–H and O–H groups in total. The van der Waals surface area contributed by atoms with Crippen LogP contribution in [0, 0.1) is 0 Å². The van der Waals surface area contributed by atoms with Gasteiger partial charge in [-0.3, -0.25) is 4.79 Å². The van der Waals surface area contributed by atoms with Crippen molar-refractivity contribution in [1.82, 2.24) is 9.66 Å². The van der Waals surface area contributed by atoms with Crippen molar-refractivity contribution in [2.45, 2.75) is 58.0 Å². The van der Waals surface area contributed by atoms with Crippen molar-refractivity contribution in [3.05, 3.63) is 68.7 Å². The zero-order valence-corrected chi connectivity index (χ0v) is 21.0. The number of aromatic nitrogens is 2. The number of carbonyl (C=O) groups excluding carboxylic acids is 1. The predicted octanol–water partition coefficient (Wildman–Crippen LogP) is 5.42. The zero-order valence-electron chi connectivity index (χ0n) is 19.4. The number of esters is 1. The van der Waals surface area contributed by atoms with Crippen molar-refractivity contribution in [2.75, 3.05) is 6.61 Å². The van der Waals surface area contributed by atoms with Crippen molar-refractivity contribution in [3.63, 3.8) is 0 Å². The number of para-hydroxylation sites is 1. The van der Waals surface area contributed by atoms with E-state index in [0.717, 1.165) is 30.2 Å². The van der Waals surface area contributed by atoms with Crippen LogP contribution in [-0.4, -0.2) is 34.6 Å². The lowest BCUT2D eigenvalue weighted by Crippen LogP contribution is -2.26. The topological polar surface area (TPSA) is 82.8 Å². The Morgan fingerprint density at radius 1 is 1.24 bits per heavy atom. The van der Waals surface area contributed by atoms with Gasteiger partial charge in [-0.15, -0.1) is 0 Å². The van der Waals surface area contributed by atoms with E-state index in [1.165, 1.54) is 11.1 Å². The van der Waals surface area contributed by atoms with Crippen LogP contribution in [0.4, 0.5) is 0 Å². The van der Waals surface area contributed by atoms with Gasteiger partial charge in [-0.1, -0.05) is 47.3 Å². The molecule has 0 spiro atoms. The Morgan fingerprint density at radius 3 is 2.76 bits per heavy atom. The Labute approximate surface area is 206 Å². The second kappa shape index (κ2) is 11.0. The molecule has 0 amide bonds. The highest BCUT2D eigenvalue weighted by atomic mass is 79.9. The number of benzene rings is 2. The van der Waals surface area contributed by atoms with E-state index in [0.29, 0.717) is 28.0 Å². The zero-order chi connectivity index (χ0) is 24.1. The number of hydrogen-bond donors (Lipinski definition) is 0. The lowest BCUT2D eigenvalue weighted by Gasteiger charge is -2.22. The summed E-state index contributed by atoms with van der Waals surface area (Å²) >= 11 is 3.45. The molecule has 1 atom stereocenters. The summed E-state index contributed by atoms with van der Waals surface area (Å²) in [4.78, 5) is 30.4. The van der Waals surface area contributed by atoms with Gasteiger partial charge in [0.25, 0.3) is 5.56 Å². The van der Waals surface area contributed by atoms with Crippen LogP contribution in [0.25, 0.3) is 10.9 Å². The first-order valence-corrected chi connectivity index (χ1v) is 12.5. The fourth-order valence-corrected chi connectivity index (χ4v) is 4.58. The standard InChI is InChI=1S/C26H28BrN3O4/c1-3-33-26(32)17(2)34-23-12-8-7-11-19(23)16-28-30-24(18-9-5-4-6-10-18)29-22-14-13-20(27)15-21(22)25(30)31/h7-8,11-18H,3-6,9-10H2,1-2H3/t17-/m0/s1. The first-order chi connectivity index (χ1) is 16.5. The van der Waals surface area contributed by atoms with Crippen molar-refractivity contribution in [3.8, 4) is 5.75 Å². The highest BCUT2D eigenvalue weighted by Crippen LogP contribution is 2.32. The fourth-order valence-electron chi connectivity index (χ4n) is 4.22. The summed E-state index contributed by atoms with van der Waals surface area (Å²) in [6.45, 7) is 3.68. The summed E-state index contributed by atoms with van der Waals surface area (Å²) in [5.74, 6) is 0.918. The van der Waals surface area contributed by atoms with Gasteiger partial charge in [-0.25, -0.2) is 9.78 Å². The van der Waals surface area contributed by atoms with Crippen molar-refractivity contribution < 1.29 is 14.3 Å². The van der Waals surface area contributed by atoms with E-state index in [1.807, 2.05) is 30.3 Å². The Morgan fingerprint density at radius 2 is 2.00 bits per heavy atom. The van der Waals surface area contributed by atoms with Crippen molar-refractivity contribution >= 4 is 39.0 Å². The summed E-state index contributed by atoms with van der Waals surface area (Å²) in [6.07, 6.45) is 6.23. The molecule has 1 aromatic heterocycles. The number of hydrogen-bond acceptors (Lipinski definition) is 6. The molecule has 1 fully saturated rings. The molecule has 1 aliphatic carbocycles. The second-order valence-electron chi connectivity index (χ2n) is 8.38. The summed E-state index contributed by atoms with van der Waals surface area (Å²) in [7, 11) is 0. The van der Waals surface area contributed by atoms with E-state index >= 15 is 0 Å². The van der Waals surface area contributed by atoms with Gasteiger partial charge in [-0.05, 0) is 57.0 Å². The maximum Gasteiger partial charge on any atom is 0.347 e. The Bertz CT molecular complexity index is 1260. The lowest BCUT2D eigenvalue weighted by atomic mass is 9.88. The molecule has 4 rings (SSSR count). The smallest absolute Gasteiger partial charge is 0.347 e. The number of halogens is 1. The summed E-state index contributed by atoms with van der Waals surface area (Å²) in [5.41, 5.74) is 1.11. The van der Waals surface area contributed by atoms with Crippen LogP contribution in [0.3, 0.4) is 0 Å². The summed E-state index contributed by atoms with van der Waals surface area (Å²) in [5, 5.41) is 5.09. The van der Waals surface area contributed by atoms with Gasteiger partial charge in [0, 0.05) is 16.0 Å². The maximum absolute atomic E-state index is 13.5. The highest BCUT2D eigenvalue weighted by Gasteiger charge is 2.23. The monoisotopic (exact) mass is 525 g/mol. The number of ether oxygens (including phenoxy) is 2. The molecule has 1 aliphatic rings. The molecule has 0 radical (unpaired) electrons. The van der Waals surface area contributed by atoms with Gasteiger partial charge >= 0.3 is 5.97 Å². The predicted molar refractivity (Wildman–Crippen MR) is 136 cm³/mol. The Balaban J connectivity index is 1.74. The third-order valence-corrected chi connectivity index (χ3v) is 6.45. The van der Waals surface area contributed by atoms with Gasteiger partial charge in [-0.2, -0.15) is 9.78 Å². The van der Waals surface area contributed by atoms with Crippen LogP contribution in [0.2, 0.25) is 0 Å². The third-order valence-electron chi connectivity index (χ3n) is 5.96. The Hall–Kier alpha value is -3.00. The lowest BCUT2D eigenvalue weighted by molar-refractivity contribution is -0.150. The largest absolute Gasteiger partial charge is 0.478 e. The van der Waals surface area contributed by atoms with Crippen LogP contribution in [0.15, 0.2) is 56.8 Å². The van der Waals surface area contributed by atoms with E-state index in [4.69, 9.17) is 14.5 Å². The van der Waals surface area contributed by atoms with Crippen LogP contribution in [0.5, 0.6) is 5.75 Å². The van der Waals surface area contributed by atoms with E-state index in [9.17, 15) is 9.59 Å². The minimum absolute atomic E-state index is 0.182. The first kappa shape index (κ1) is 24.1. The first-order valence-electron chi connectivity index (χ1n) is 11.7. The van der Waals surface area contributed by atoms with E-state index in [1.54, 1.807) is 32.2 Å². The van der Waals surface area contributed by atoms with Crippen molar-refractivity contribution in [2.24, 2.45) is 5.10 Å². The van der Waals surface area contributed by atoms with Gasteiger partial charge < -0.3 is 9.47 Å². The number of nitrogens with zero attached hydrogens (tertiary/aromatic N) is 3. The van der Waals surface area contributed by atoms with Gasteiger partial charge in [0.05, 0.1) is 23.7 Å². The maximum atomic E-state index is 13.5. The molecule has 3 aromatic rings. The van der Waals surface area contributed by atoms with Gasteiger partial charge in [0.2, 0.25) is 0 Å². The molecule has 0 unspecified atom stereocenters. The second-order valence-corrected chi connectivity index (χ2v) is 9.29. The van der Waals surface area contributed by atoms with Crippen LogP contribution >= 0.6 is 15.9 Å². The summed E-state index contributed by atoms with van der Waals surface area (Å²) in [6, 6.07) is 12.8. The summed E-state index contributed by atoms with van der Waals surface area (Å²) < 4.78 is 13.1. The van der Waals surface area contributed by atoms with Crippen LogP contribution < -0.4 is 10.3 Å².